The summed E-state index contributed by atoms with van der Waals surface area (Å²) in [5.41, 5.74) is 2.24. The molecular weight excluding hydrogens is 304 g/mol. The zero-order valence-corrected chi connectivity index (χ0v) is 14.1. The molecular formula is C18H24N4O2. The van der Waals surface area contributed by atoms with Crippen molar-refractivity contribution in [3.63, 3.8) is 0 Å². The molecule has 1 aliphatic rings. The molecule has 1 amide bonds. The number of likely N-dealkylation sites (tertiary alicyclic amines) is 1. The van der Waals surface area contributed by atoms with Crippen LogP contribution in [0.1, 0.15) is 10.5 Å². The Bertz CT molecular complexity index is 683. The van der Waals surface area contributed by atoms with E-state index in [0.29, 0.717) is 24.7 Å². The van der Waals surface area contributed by atoms with Gasteiger partial charge in [-0.1, -0.05) is 30.3 Å². The number of aromatic nitrogens is 2. The van der Waals surface area contributed by atoms with Gasteiger partial charge < -0.3 is 14.9 Å². The largest absolute Gasteiger partial charge is 0.396 e. The highest BCUT2D eigenvalue weighted by molar-refractivity contribution is 5.93. The number of aliphatic hydroxyl groups excluding tert-OH is 1. The highest BCUT2D eigenvalue weighted by Crippen LogP contribution is 2.26. The van der Waals surface area contributed by atoms with Crippen molar-refractivity contribution >= 4 is 5.91 Å². The summed E-state index contributed by atoms with van der Waals surface area (Å²) >= 11 is 0. The molecule has 0 unspecified atom stereocenters. The van der Waals surface area contributed by atoms with Crippen LogP contribution in [0.25, 0.3) is 11.3 Å². The molecule has 6 nitrogen and oxygen atoms in total. The molecule has 3 rings (SSSR count). The Morgan fingerprint density at radius 1 is 1.29 bits per heavy atom. The number of hydrogen-bond donors (Lipinski definition) is 2. The van der Waals surface area contributed by atoms with Gasteiger partial charge in [0.05, 0.1) is 5.69 Å². The number of nitrogens with zero attached hydrogens (tertiary/aromatic N) is 3. The fraction of sp³-hybridized carbons (Fsp3) is 0.444. The minimum absolute atomic E-state index is 0.0515. The molecule has 24 heavy (non-hydrogen) atoms. The number of carbonyl (C=O) groups excluding carboxylic acids is 1. The van der Waals surface area contributed by atoms with Gasteiger partial charge in [0.15, 0.2) is 0 Å². The average Bonchev–Trinajstić information content (AvgIpc) is 3.21. The van der Waals surface area contributed by atoms with E-state index in [1.165, 1.54) is 0 Å². The maximum Gasteiger partial charge on any atom is 0.271 e. The van der Waals surface area contributed by atoms with Gasteiger partial charge in [0.1, 0.15) is 5.69 Å². The van der Waals surface area contributed by atoms with Crippen molar-refractivity contribution in [1.82, 2.24) is 20.0 Å². The number of rotatable bonds is 5. The molecule has 6 heteroatoms. The molecule has 1 fully saturated rings. The molecule has 128 valence electrons. The molecule has 0 spiro atoms. The monoisotopic (exact) mass is 328 g/mol. The van der Waals surface area contributed by atoms with Gasteiger partial charge in [0.25, 0.3) is 5.91 Å². The van der Waals surface area contributed by atoms with Crippen LogP contribution in [0.2, 0.25) is 0 Å². The van der Waals surface area contributed by atoms with Gasteiger partial charge >= 0.3 is 0 Å². The van der Waals surface area contributed by atoms with Gasteiger partial charge in [-0.2, -0.15) is 5.10 Å². The first-order valence-corrected chi connectivity index (χ1v) is 8.24. The highest BCUT2D eigenvalue weighted by atomic mass is 16.3. The van der Waals surface area contributed by atoms with Crippen molar-refractivity contribution in [1.29, 1.82) is 0 Å². The third-order valence-electron chi connectivity index (χ3n) is 4.58. The molecule has 2 N–H and O–H groups in total. The molecule has 2 atom stereocenters. The van der Waals surface area contributed by atoms with Crippen molar-refractivity contribution in [3.05, 3.63) is 42.1 Å². The highest BCUT2D eigenvalue weighted by Gasteiger charge is 2.35. The lowest BCUT2D eigenvalue weighted by atomic mass is 9.97. The molecule has 1 aromatic heterocycles. The Morgan fingerprint density at radius 3 is 2.67 bits per heavy atom. The van der Waals surface area contributed by atoms with Crippen LogP contribution in [-0.2, 0) is 0 Å². The van der Waals surface area contributed by atoms with Crippen LogP contribution >= 0.6 is 0 Å². The Labute approximate surface area is 142 Å². The fourth-order valence-corrected chi connectivity index (χ4v) is 3.35. The first kappa shape index (κ1) is 16.7. The lowest BCUT2D eigenvalue weighted by molar-refractivity contribution is 0.0773. The summed E-state index contributed by atoms with van der Waals surface area (Å²) in [7, 11) is 4.03. The topological polar surface area (TPSA) is 72.5 Å². The van der Waals surface area contributed by atoms with Crippen LogP contribution in [0, 0.1) is 11.8 Å². The number of aromatic amines is 1. The average molecular weight is 328 g/mol. The van der Waals surface area contributed by atoms with Crippen molar-refractivity contribution in [2.24, 2.45) is 11.8 Å². The Balaban J connectivity index is 1.72. The standard InChI is InChI=1S/C18H24N4O2/c1-21(2)9-14-10-22(11-15(14)12-23)18(24)17-8-16(19-20-17)13-6-4-3-5-7-13/h3-8,14-15,23H,9-12H2,1-2H3,(H,19,20)/t14-,15-/m1/s1. The molecule has 0 bridgehead atoms. The zero-order chi connectivity index (χ0) is 17.1. The SMILES string of the molecule is CN(C)C[C@@H]1CN(C(=O)c2cc(-c3ccccc3)n[nH]2)C[C@@H]1CO. The summed E-state index contributed by atoms with van der Waals surface area (Å²) in [5.74, 6) is 0.378. The van der Waals surface area contributed by atoms with Gasteiger partial charge in [0.2, 0.25) is 0 Å². The third kappa shape index (κ3) is 3.49. The predicted octanol–water partition coefficient (Wildman–Crippen LogP) is 1.32. The molecule has 1 aromatic carbocycles. The number of benzene rings is 1. The van der Waals surface area contributed by atoms with E-state index >= 15 is 0 Å². The zero-order valence-electron chi connectivity index (χ0n) is 14.1. The van der Waals surface area contributed by atoms with E-state index < -0.39 is 0 Å². The summed E-state index contributed by atoms with van der Waals surface area (Å²) in [6.07, 6.45) is 0. The molecule has 0 aliphatic carbocycles. The number of hydrogen-bond acceptors (Lipinski definition) is 4. The van der Waals surface area contributed by atoms with E-state index in [-0.39, 0.29) is 18.4 Å². The van der Waals surface area contributed by atoms with Gasteiger partial charge in [-0.05, 0) is 26.1 Å². The van der Waals surface area contributed by atoms with Crippen LogP contribution < -0.4 is 0 Å². The number of nitrogens with one attached hydrogen (secondary N) is 1. The lowest BCUT2D eigenvalue weighted by Gasteiger charge is -2.20. The molecule has 1 aliphatic heterocycles. The lowest BCUT2D eigenvalue weighted by Crippen LogP contribution is -2.31. The van der Waals surface area contributed by atoms with E-state index in [2.05, 4.69) is 15.1 Å². The molecule has 2 heterocycles. The van der Waals surface area contributed by atoms with Crippen LogP contribution in [0.3, 0.4) is 0 Å². The second kappa shape index (κ2) is 7.15. The van der Waals surface area contributed by atoms with Crippen molar-refractivity contribution in [2.45, 2.75) is 0 Å². The van der Waals surface area contributed by atoms with Gasteiger partial charge in [-0.3, -0.25) is 9.89 Å². The summed E-state index contributed by atoms with van der Waals surface area (Å²) in [4.78, 5) is 16.7. The van der Waals surface area contributed by atoms with E-state index in [0.717, 1.165) is 17.8 Å². The maximum absolute atomic E-state index is 12.7. The summed E-state index contributed by atoms with van der Waals surface area (Å²) in [6.45, 7) is 2.24. The van der Waals surface area contributed by atoms with Crippen LogP contribution in [0.15, 0.2) is 36.4 Å². The number of carbonyl (C=O) groups is 1. The van der Waals surface area contributed by atoms with E-state index in [1.54, 1.807) is 6.07 Å². The van der Waals surface area contributed by atoms with E-state index in [9.17, 15) is 9.90 Å². The van der Waals surface area contributed by atoms with Crippen molar-refractivity contribution < 1.29 is 9.90 Å². The second-order valence-electron chi connectivity index (χ2n) is 6.71. The minimum atomic E-state index is -0.0515. The normalized spacial score (nSPS) is 20.8. The molecule has 1 saturated heterocycles. The van der Waals surface area contributed by atoms with Crippen LogP contribution in [0.5, 0.6) is 0 Å². The Morgan fingerprint density at radius 2 is 2.00 bits per heavy atom. The maximum atomic E-state index is 12.7. The quantitative estimate of drug-likeness (QED) is 0.868. The van der Waals surface area contributed by atoms with Gasteiger partial charge in [0, 0.05) is 37.7 Å². The predicted molar refractivity (Wildman–Crippen MR) is 92.5 cm³/mol. The van der Waals surface area contributed by atoms with Crippen LogP contribution in [-0.4, -0.2) is 71.3 Å². The van der Waals surface area contributed by atoms with Crippen LogP contribution in [0.4, 0.5) is 0 Å². The van der Waals surface area contributed by atoms with Crippen molar-refractivity contribution in [2.75, 3.05) is 40.3 Å². The third-order valence-corrected chi connectivity index (χ3v) is 4.58. The summed E-state index contributed by atoms with van der Waals surface area (Å²) < 4.78 is 0. The number of aliphatic hydroxyl groups is 1. The molecule has 0 saturated carbocycles. The van der Waals surface area contributed by atoms with Gasteiger partial charge in [-0.25, -0.2) is 0 Å². The van der Waals surface area contributed by atoms with Gasteiger partial charge in [-0.15, -0.1) is 0 Å². The molecule has 2 aromatic rings. The first-order valence-electron chi connectivity index (χ1n) is 8.24. The smallest absolute Gasteiger partial charge is 0.271 e. The Hall–Kier alpha value is -2.18. The second-order valence-corrected chi connectivity index (χ2v) is 6.71. The van der Waals surface area contributed by atoms with E-state index in [4.69, 9.17) is 0 Å². The Kier molecular flexibility index (Phi) is 4.97. The first-order chi connectivity index (χ1) is 11.6. The van der Waals surface area contributed by atoms with E-state index in [1.807, 2.05) is 49.3 Å². The van der Waals surface area contributed by atoms with Crippen molar-refractivity contribution in [3.8, 4) is 11.3 Å². The summed E-state index contributed by atoms with van der Waals surface area (Å²) in [6, 6.07) is 11.6. The number of H-pyrrole nitrogens is 1. The minimum Gasteiger partial charge on any atom is -0.396 e. The number of amides is 1. The summed E-state index contributed by atoms with van der Waals surface area (Å²) in [5, 5.41) is 16.7. The fourth-order valence-electron chi connectivity index (χ4n) is 3.35. The molecule has 0 radical (unpaired) electrons.